The summed E-state index contributed by atoms with van der Waals surface area (Å²) in [6.07, 6.45) is 2.71. The van der Waals surface area contributed by atoms with Crippen LogP contribution in [0.2, 0.25) is 0 Å². The fourth-order valence-corrected chi connectivity index (χ4v) is 5.47. The fraction of sp³-hybridized carbons (Fsp3) is 0.217. The van der Waals surface area contributed by atoms with Gasteiger partial charge in [-0.05, 0) is 42.0 Å². The number of benzene rings is 2. The average Bonchev–Trinajstić information content (AvgIpc) is 3.11. The summed E-state index contributed by atoms with van der Waals surface area (Å²) < 4.78 is 0. The van der Waals surface area contributed by atoms with Crippen molar-refractivity contribution in [3.8, 4) is 0 Å². The molecule has 7 heteroatoms. The lowest BCUT2D eigenvalue weighted by Gasteiger charge is -2.27. The molecular weight excluding hydrogens is 414 g/mol. The number of nitrogens with two attached hydrogens (primary N) is 1. The average molecular weight is 438 g/mol. The van der Waals surface area contributed by atoms with E-state index in [-0.39, 0.29) is 5.91 Å². The van der Waals surface area contributed by atoms with Crippen LogP contribution in [0.3, 0.4) is 0 Å². The Morgan fingerprint density at radius 3 is 2.70 bits per heavy atom. The molecule has 0 aliphatic carbocycles. The number of anilines is 1. The van der Waals surface area contributed by atoms with Gasteiger partial charge < -0.3 is 11.1 Å². The van der Waals surface area contributed by atoms with Gasteiger partial charge in [-0.2, -0.15) is 0 Å². The van der Waals surface area contributed by atoms with Crippen molar-refractivity contribution in [1.29, 1.82) is 0 Å². The Kier molecular flexibility index (Phi) is 6.22. The van der Waals surface area contributed by atoms with Crippen molar-refractivity contribution >= 4 is 39.9 Å². The lowest BCUT2D eigenvalue weighted by Crippen LogP contribution is -2.30. The maximum Gasteiger partial charge on any atom is 0.256 e. The minimum atomic E-state index is -0.489. The summed E-state index contributed by atoms with van der Waals surface area (Å²) in [5.74, 6) is -0.717. The van der Waals surface area contributed by atoms with Gasteiger partial charge >= 0.3 is 0 Å². The standard InChI is InChI=1S/C23H23N3O2S2/c1-29-17-9-5-8-16(12-17)22(28)25-23-20(21(24)27)18-10-11-26(14-19(18)30-23)13-15-6-3-2-4-7-15/h2-9,12H,10-11,13-14H2,1H3,(H2,24,27)(H,25,28). The molecule has 1 aliphatic rings. The van der Waals surface area contributed by atoms with E-state index in [0.717, 1.165) is 41.4 Å². The number of fused-ring (bicyclic) bond motifs is 1. The molecule has 0 spiro atoms. The molecule has 0 radical (unpaired) electrons. The first-order valence-electron chi connectivity index (χ1n) is 9.71. The predicted octanol–water partition coefficient (Wildman–Crippen LogP) is 4.38. The maximum atomic E-state index is 12.8. The van der Waals surface area contributed by atoms with Gasteiger partial charge in [0.05, 0.1) is 5.56 Å². The van der Waals surface area contributed by atoms with Crippen molar-refractivity contribution in [2.45, 2.75) is 24.4 Å². The first-order chi connectivity index (χ1) is 14.5. The number of nitrogens with one attached hydrogen (secondary N) is 1. The number of amides is 2. The Balaban J connectivity index is 1.56. The van der Waals surface area contributed by atoms with E-state index in [0.29, 0.717) is 16.1 Å². The van der Waals surface area contributed by atoms with Crippen molar-refractivity contribution in [2.75, 3.05) is 18.1 Å². The van der Waals surface area contributed by atoms with Crippen LogP contribution in [0.25, 0.3) is 0 Å². The smallest absolute Gasteiger partial charge is 0.256 e. The van der Waals surface area contributed by atoms with E-state index in [9.17, 15) is 9.59 Å². The predicted molar refractivity (Wildman–Crippen MR) is 123 cm³/mol. The second-order valence-corrected chi connectivity index (χ2v) is 9.19. The quantitative estimate of drug-likeness (QED) is 0.561. The lowest BCUT2D eigenvalue weighted by molar-refractivity contribution is 0.0999. The Hall–Kier alpha value is -2.61. The van der Waals surface area contributed by atoms with Crippen LogP contribution >= 0.6 is 23.1 Å². The number of rotatable bonds is 6. The van der Waals surface area contributed by atoms with Gasteiger partial charge in [0.1, 0.15) is 5.00 Å². The monoisotopic (exact) mass is 437 g/mol. The molecule has 1 aromatic heterocycles. The molecule has 0 saturated heterocycles. The van der Waals surface area contributed by atoms with Gasteiger partial charge in [-0.15, -0.1) is 23.1 Å². The minimum Gasteiger partial charge on any atom is -0.365 e. The Labute approximate surface area is 184 Å². The molecule has 0 fully saturated rings. The largest absolute Gasteiger partial charge is 0.365 e. The van der Waals surface area contributed by atoms with E-state index in [2.05, 4.69) is 22.3 Å². The van der Waals surface area contributed by atoms with Crippen LogP contribution in [0.15, 0.2) is 59.5 Å². The summed E-state index contributed by atoms with van der Waals surface area (Å²) in [4.78, 5) is 29.5. The van der Waals surface area contributed by atoms with Gasteiger partial charge in [-0.1, -0.05) is 36.4 Å². The molecule has 2 amide bonds. The molecule has 4 rings (SSSR count). The van der Waals surface area contributed by atoms with E-state index < -0.39 is 5.91 Å². The third kappa shape index (κ3) is 4.43. The normalized spacial score (nSPS) is 13.6. The van der Waals surface area contributed by atoms with Gasteiger partial charge in [0.25, 0.3) is 11.8 Å². The summed E-state index contributed by atoms with van der Waals surface area (Å²) in [7, 11) is 0. The molecule has 0 unspecified atom stereocenters. The molecule has 1 aliphatic heterocycles. The molecule has 3 aromatic rings. The maximum absolute atomic E-state index is 12.8. The van der Waals surface area contributed by atoms with Crippen molar-refractivity contribution in [1.82, 2.24) is 4.90 Å². The van der Waals surface area contributed by atoms with Crippen LogP contribution < -0.4 is 11.1 Å². The molecule has 2 heterocycles. The number of nitrogens with zero attached hydrogens (tertiary/aromatic N) is 1. The van der Waals surface area contributed by atoms with Gasteiger partial charge in [0, 0.05) is 35.0 Å². The first-order valence-corrected chi connectivity index (χ1v) is 11.8. The van der Waals surface area contributed by atoms with Crippen LogP contribution in [-0.2, 0) is 19.5 Å². The van der Waals surface area contributed by atoms with E-state index in [1.165, 1.54) is 16.9 Å². The van der Waals surface area contributed by atoms with E-state index in [1.807, 2.05) is 42.7 Å². The number of thioether (sulfide) groups is 1. The summed E-state index contributed by atoms with van der Waals surface area (Å²) in [6.45, 7) is 2.45. The summed E-state index contributed by atoms with van der Waals surface area (Å²) in [5, 5.41) is 3.48. The second kappa shape index (κ2) is 9.04. The molecule has 30 heavy (non-hydrogen) atoms. The number of thiophene rings is 1. The van der Waals surface area contributed by atoms with Crippen LogP contribution in [0.5, 0.6) is 0 Å². The number of hydrogen-bond acceptors (Lipinski definition) is 5. The highest BCUT2D eigenvalue weighted by Gasteiger charge is 2.28. The molecular formula is C23H23N3O2S2. The first kappa shape index (κ1) is 20.7. The van der Waals surface area contributed by atoms with Gasteiger partial charge in [0.2, 0.25) is 0 Å². The SMILES string of the molecule is CSc1cccc(C(=O)Nc2sc3c(c2C(N)=O)CCN(Cc2ccccc2)C3)c1. The third-order valence-corrected chi connectivity index (χ3v) is 7.05. The summed E-state index contributed by atoms with van der Waals surface area (Å²) in [5.41, 5.74) is 8.96. The van der Waals surface area contributed by atoms with E-state index >= 15 is 0 Å². The van der Waals surface area contributed by atoms with Crippen LogP contribution in [0.4, 0.5) is 5.00 Å². The molecule has 0 saturated carbocycles. The highest BCUT2D eigenvalue weighted by molar-refractivity contribution is 7.98. The second-order valence-electron chi connectivity index (χ2n) is 7.20. The van der Waals surface area contributed by atoms with Crippen molar-refractivity contribution < 1.29 is 9.59 Å². The molecule has 5 nitrogen and oxygen atoms in total. The Morgan fingerprint density at radius 2 is 1.97 bits per heavy atom. The molecule has 0 bridgehead atoms. The van der Waals surface area contributed by atoms with Crippen LogP contribution in [0, 0.1) is 0 Å². The highest BCUT2D eigenvalue weighted by atomic mass is 32.2. The van der Waals surface area contributed by atoms with E-state index in [1.54, 1.807) is 17.8 Å². The van der Waals surface area contributed by atoms with Crippen molar-refractivity contribution in [3.05, 3.63) is 81.7 Å². The van der Waals surface area contributed by atoms with Gasteiger partial charge in [-0.25, -0.2) is 0 Å². The zero-order chi connectivity index (χ0) is 21.1. The van der Waals surface area contributed by atoms with Crippen molar-refractivity contribution in [3.63, 3.8) is 0 Å². The number of hydrogen-bond donors (Lipinski definition) is 2. The lowest BCUT2D eigenvalue weighted by atomic mass is 10.0. The van der Waals surface area contributed by atoms with Crippen LogP contribution in [0.1, 0.15) is 36.7 Å². The zero-order valence-electron chi connectivity index (χ0n) is 16.7. The molecule has 154 valence electrons. The minimum absolute atomic E-state index is 0.229. The van der Waals surface area contributed by atoms with Gasteiger partial charge in [-0.3, -0.25) is 14.5 Å². The number of carbonyl (C=O) groups is 2. The summed E-state index contributed by atoms with van der Waals surface area (Å²) >= 11 is 3.04. The summed E-state index contributed by atoms with van der Waals surface area (Å²) in [6, 6.07) is 17.8. The molecule has 0 atom stereocenters. The fourth-order valence-electron chi connectivity index (χ4n) is 3.72. The van der Waals surface area contributed by atoms with Crippen LogP contribution in [-0.4, -0.2) is 29.5 Å². The highest BCUT2D eigenvalue weighted by Crippen LogP contribution is 2.37. The zero-order valence-corrected chi connectivity index (χ0v) is 18.3. The van der Waals surface area contributed by atoms with Crippen molar-refractivity contribution in [2.24, 2.45) is 5.73 Å². The third-order valence-electron chi connectivity index (χ3n) is 5.19. The Bertz CT molecular complexity index is 1080. The van der Waals surface area contributed by atoms with E-state index in [4.69, 9.17) is 5.73 Å². The topological polar surface area (TPSA) is 75.4 Å². The number of carbonyl (C=O) groups excluding carboxylic acids is 2. The van der Waals surface area contributed by atoms with Gasteiger partial charge in [0.15, 0.2) is 0 Å². The molecule has 2 aromatic carbocycles. The number of primary amides is 1. The molecule has 3 N–H and O–H groups in total. The Morgan fingerprint density at radius 1 is 1.17 bits per heavy atom.